The van der Waals surface area contributed by atoms with Crippen LogP contribution in [-0.4, -0.2) is 24.5 Å². The van der Waals surface area contributed by atoms with E-state index in [1.54, 1.807) is 0 Å². The second-order valence-corrected chi connectivity index (χ2v) is 6.92. The summed E-state index contributed by atoms with van der Waals surface area (Å²) in [6, 6.07) is 1.92. The molecule has 0 spiro atoms. The van der Waals surface area contributed by atoms with E-state index in [0.717, 1.165) is 43.9 Å². The molecule has 1 aliphatic carbocycles. The maximum atomic E-state index is 13.4. The van der Waals surface area contributed by atoms with Gasteiger partial charge in [-0.05, 0) is 42.5 Å². The fraction of sp³-hybridized carbons (Fsp3) is 0.455. The van der Waals surface area contributed by atoms with E-state index >= 15 is 0 Å². The second kappa shape index (κ2) is 11.2. The van der Waals surface area contributed by atoms with Crippen LogP contribution < -0.4 is 5.32 Å². The third kappa shape index (κ3) is 7.51. The van der Waals surface area contributed by atoms with Crippen molar-refractivity contribution in [1.82, 2.24) is 5.32 Å². The van der Waals surface area contributed by atoms with E-state index in [4.69, 9.17) is 11.2 Å². The molecule has 1 amide bonds. The highest BCUT2D eigenvalue weighted by Gasteiger charge is 2.23. The molecule has 1 atom stereocenters. The average Bonchev–Trinajstić information content (AvgIpc) is 2.66. The van der Waals surface area contributed by atoms with Crippen molar-refractivity contribution >= 4 is 11.9 Å². The van der Waals surface area contributed by atoms with Gasteiger partial charge in [0.2, 0.25) is 5.91 Å². The number of rotatable bonds is 8. The highest BCUT2D eigenvalue weighted by molar-refractivity contribution is 5.91. The molecule has 1 fully saturated rings. The van der Waals surface area contributed by atoms with E-state index < -0.39 is 29.6 Å². The van der Waals surface area contributed by atoms with E-state index in [2.05, 4.69) is 11.2 Å². The lowest BCUT2D eigenvalue weighted by Crippen LogP contribution is -2.43. The number of terminal acetylenes is 1. The van der Waals surface area contributed by atoms with Crippen molar-refractivity contribution in [2.24, 2.45) is 5.92 Å². The molecule has 0 aliphatic heterocycles. The molecule has 28 heavy (non-hydrogen) atoms. The Labute approximate surface area is 164 Å². The normalized spacial score (nSPS) is 15.8. The number of carbonyl (C=O) groups excluding carboxylic acids is 2. The van der Waals surface area contributed by atoms with Crippen LogP contribution in [0.15, 0.2) is 30.4 Å². The Kier molecular flexibility index (Phi) is 8.67. The molecule has 6 heteroatoms. The molecule has 1 N–H and O–H groups in total. The first-order valence-corrected chi connectivity index (χ1v) is 9.51. The third-order valence-electron chi connectivity index (χ3n) is 4.62. The van der Waals surface area contributed by atoms with Crippen LogP contribution >= 0.6 is 0 Å². The number of allylic oxidation sites excluding steroid dienone is 1. The number of hydrogen-bond donors (Lipinski definition) is 1. The van der Waals surface area contributed by atoms with Crippen molar-refractivity contribution in [2.75, 3.05) is 6.61 Å². The zero-order valence-electron chi connectivity index (χ0n) is 15.8. The summed E-state index contributed by atoms with van der Waals surface area (Å²) in [7, 11) is 0. The lowest BCUT2D eigenvalue weighted by molar-refractivity contribution is -0.147. The topological polar surface area (TPSA) is 55.4 Å². The summed E-state index contributed by atoms with van der Waals surface area (Å²) >= 11 is 0. The van der Waals surface area contributed by atoms with Crippen molar-refractivity contribution in [1.29, 1.82) is 0 Å². The van der Waals surface area contributed by atoms with Gasteiger partial charge in [-0.2, -0.15) is 0 Å². The van der Waals surface area contributed by atoms with Gasteiger partial charge in [-0.1, -0.05) is 25.3 Å². The molecule has 0 saturated heterocycles. The number of esters is 1. The number of halogens is 2. The Morgan fingerprint density at radius 2 is 1.89 bits per heavy atom. The number of benzene rings is 1. The first-order valence-electron chi connectivity index (χ1n) is 9.51. The largest absolute Gasteiger partial charge is 0.463 e. The van der Waals surface area contributed by atoms with E-state index in [-0.39, 0.29) is 25.0 Å². The smallest absolute Gasteiger partial charge is 0.329 e. The molecule has 0 aromatic heterocycles. The summed E-state index contributed by atoms with van der Waals surface area (Å²) in [4.78, 5) is 24.6. The van der Waals surface area contributed by atoms with Gasteiger partial charge in [0.05, 0.1) is 0 Å². The van der Waals surface area contributed by atoms with Crippen molar-refractivity contribution < 1.29 is 23.1 Å². The van der Waals surface area contributed by atoms with Crippen LogP contribution in [0.2, 0.25) is 0 Å². The molecule has 1 saturated carbocycles. The van der Waals surface area contributed by atoms with E-state index in [0.29, 0.717) is 5.92 Å². The maximum Gasteiger partial charge on any atom is 0.329 e. The van der Waals surface area contributed by atoms with Crippen LogP contribution in [0.1, 0.15) is 44.1 Å². The predicted octanol–water partition coefficient (Wildman–Crippen LogP) is 3.70. The number of nitrogens with one attached hydrogen (secondary N) is 1. The zero-order valence-corrected chi connectivity index (χ0v) is 15.8. The minimum absolute atomic E-state index is 0.0110. The number of hydrogen-bond acceptors (Lipinski definition) is 3. The second-order valence-electron chi connectivity index (χ2n) is 6.92. The van der Waals surface area contributed by atoms with Crippen molar-refractivity contribution in [3.05, 3.63) is 47.5 Å². The fourth-order valence-corrected chi connectivity index (χ4v) is 3.24. The van der Waals surface area contributed by atoms with E-state index in [9.17, 15) is 18.4 Å². The standard InChI is InChI=1S/C22H25F2NO3/c1-2-3-11-28-22(27)20(14-17-12-18(23)15-19(24)13-17)25-21(26)10-9-16-7-5-4-6-8-16/h1,9-10,12-13,15-16,20H,3-8,11,14H2,(H,25,26)/b10-9+/t20-/m0/s1. The molecule has 1 aromatic carbocycles. The summed E-state index contributed by atoms with van der Waals surface area (Å²) in [6.07, 6.45) is 14.2. The van der Waals surface area contributed by atoms with Crippen LogP contribution in [0.3, 0.4) is 0 Å². The molecule has 150 valence electrons. The first-order chi connectivity index (χ1) is 13.5. The molecule has 1 aromatic rings. The minimum Gasteiger partial charge on any atom is -0.463 e. The third-order valence-corrected chi connectivity index (χ3v) is 4.62. The van der Waals surface area contributed by atoms with Crippen molar-refractivity contribution in [2.45, 2.75) is 51.0 Å². The Morgan fingerprint density at radius 1 is 1.21 bits per heavy atom. The highest BCUT2D eigenvalue weighted by Crippen LogP contribution is 2.24. The lowest BCUT2D eigenvalue weighted by atomic mass is 9.89. The fourth-order valence-electron chi connectivity index (χ4n) is 3.24. The summed E-state index contributed by atoms with van der Waals surface area (Å²) < 4.78 is 31.9. The SMILES string of the molecule is C#CCCOC(=O)[C@H](Cc1cc(F)cc(F)c1)NC(=O)/C=C/C1CCCCC1. The van der Waals surface area contributed by atoms with Crippen LogP contribution in [0.25, 0.3) is 0 Å². The molecular weight excluding hydrogens is 364 g/mol. The number of amides is 1. The molecule has 0 unspecified atom stereocenters. The molecule has 4 nitrogen and oxygen atoms in total. The first kappa shape index (κ1) is 21.6. The zero-order chi connectivity index (χ0) is 20.4. The Morgan fingerprint density at radius 3 is 2.54 bits per heavy atom. The van der Waals surface area contributed by atoms with Gasteiger partial charge in [0, 0.05) is 18.9 Å². The van der Waals surface area contributed by atoms with Crippen molar-refractivity contribution in [3.8, 4) is 12.3 Å². The van der Waals surface area contributed by atoms with Gasteiger partial charge in [0.15, 0.2) is 0 Å². The summed E-state index contributed by atoms with van der Waals surface area (Å²) in [5.74, 6) is 0.0662. The van der Waals surface area contributed by atoms with Gasteiger partial charge >= 0.3 is 5.97 Å². The monoisotopic (exact) mass is 389 g/mol. The average molecular weight is 389 g/mol. The molecule has 1 aliphatic rings. The highest BCUT2D eigenvalue weighted by atomic mass is 19.1. The summed E-state index contributed by atoms with van der Waals surface area (Å²) in [6.45, 7) is 0.0110. The van der Waals surface area contributed by atoms with Crippen LogP contribution in [0, 0.1) is 29.9 Å². The predicted molar refractivity (Wildman–Crippen MR) is 102 cm³/mol. The van der Waals surface area contributed by atoms with Crippen molar-refractivity contribution in [3.63, 3.8) is 0 Å². The van der Waals surface area contributed by atoms with Gasteiger partial charge in [-0.15, -0.1) is 12.3 Å². The number of ether oxygens (including phenoxy) is 1. The van der Waals surface area contributed by atoms with E-state index in [1.165, 1.54) is 12.5 Å². The van der Waals surface area contributed by atoms with Crippen LogP contribution in [-0.2, 0) is 20.7 Å². The van der Waals surface area contributed by atoms with Crippen LogP contribution in [0.4, 0.5) is 8.78 Å². The van der Waals surface area contributed by atoms with Gasteiger partial charge in [0.1, 0.15) is 24.3 Å². The van der Waals surface area contributed by atoms with E-state index in [1.807, 2.05) is 6.08 Å². The lowest BCUT2D eigenvalue weighted by Gasteiger charge is -2.19. The molecular formula is C22H25F2NO3. The summed E-state index contributed by atoms with van der Waals surface area (Å²) in [5, 5.41) is 2.57. The van der Waals surface area contributed by atoms with Gasteiger partial charge in [0.25, 0.3) is 0 Å². The quantitative estimate of drug-likeness (QED) is 0.319. The Balaban J connectivity index is 2.03. The Bertz CT molecular complexity index is 728. The molecule has 2 rings (SSSR count). The van der Waals surface area contributed by atoms with Gasteiger partial charge in [-0.25, -0.2) is 13.6 Å². The molecule has 0 radical (unpaired) electrons. The van der Waals surface area contributed by atoms with Crippen LogP contribution in [0.5, 0.6) is 0 Å². The summed E-state index contributed by atoms with van der Waals surface area (Å²) in [5.41, 5.74) is 0.243. The molecule has 0 bridgehead atoms. The Hall–Kier alpha value is -2.68. The molecule has 0 heterocycles. The minimum atomic E-state index is -1.07. The van der Waals surface area contributed by atoms with Gasteiger partial charge in [-0.3, -0.25) is 4.79 Å². The maximum absolute atomic E-state index is 13.4. The van der Waals surface area contributed by atoms with Gasteiger partial charge < -0.3 is 10.1 Å². The number of carbonyl (C=O) groups is 2.